The molecule has 7 heteroatoms. The van der Waals surface area contributed by atoms with Crippen LogP contribution in [0.5, 0.6) is 0 Å². The van der Waals surface area contributed by atoms with Gasteiger partial charge in [-0.15, -0.1) is 11.3 Å². The summed E-state index contributed by atoms with van der Waals surface area (Å²) >= 11 is 1.34. The molecule has 2 aromatic heterocycles. The minimum Gasteiger partial charge on any atom is -0.465 e. The Labute approximate surface area is 148 Å². The van der Waals surface area contributed by atoms with E-state index in [1.165, 1.54) is 24.3 Å². The molecular weight excluding hydrogens is 338 g/mol. The van der Waals surface area contributed by atoms with Crippen LogP contribution in [0.1, 0.15) is 12.7 Å². The summed E-state index contributed by atoms with van der Waals surface area (Å²) in [5.74, 6) is 0.210. The van der Waals surface area contributed by atoms with Crippen LogP contribution in [0.4, 0.5) is 10.8 Å². The highest BCUT2D eigenvalue weighted by Crippen LogP contribution is 2.26. The van der Waals surface area contributed by atoms with Crippen molar-refractivity contribution in [2.24, 2.45) is 0 Å². The Morgan fingerprint density at radius 2 is 1.96 bits per heavy atom. The molecule has 0 saturated heterocycles. The Hall–Kier alpha value is -3.19. The molecule has 2 heterocycles. The van der Waals surface area contributed by atoms with E-state index in [0.717, 1.165) is 16.9 Å². The van der Waals surface area contributed by atoms with Crippen LogP contribution in [0.25, 0.3) is 17.3 Å². The van der Waals surface area contributed by atoms with E-state index in [-0.39, 0.29) is 11.8 Å². The Balaban J connectivity index is 1.63. The molecule has 0 saturated carbocycles. The van der Waals surface area contributed by atoms with Crippen LogP contribution in [0.3, 0.4) is 0 Å². The number of furan rings is 1. The molecule has 126 valence electrons. The number of amides is 2. The molecule has 25 heavy (non-hydrogen) atoms. The zero-order valence-electron chi connectivity index (χ0n) is 13.4. The molecule has 2 amide bonds. The molecule has 6 nitrogen and oxygen atoms in total. The smallest absolute Gasteiger partial charge is 0.250 e. The second-order valence-corrected chi connectivity index (χ2v) is 5.99. The minimum atomic E-state index is -0.279. The predicted molar refractivity (Wildman–Crippen MR) is 98.2 cm³/mol. The van der Waals surface area contributed by atoms with E-state index in [2.05, 4.69) is 15.6 Å². The second-order valence-electron chi connectivity index (χ2n) is 5.13. The summed E-state index contributed by atoms with van der Waals surface area (Å²) in [6.07, 6.45) is 4.52. The molecule has 1 aromatic carbocycles. The monoisotopic (exact) mass is 353 g/mol. The van der Waals surface area contributed by atoms with Gasteiger partial charge in [-0.25, -0.2) is 4.98 Å². The number of hydrogen-bond donors (Lipinski definition) is 2. The van der Waals surface area contributed by atoms with Crippen molar-refractivity contribution in [3.63, 3.8) is 0 Å². The van der Waals surface area contributed by atoms with E-state index in [4.69, 9.17) is 4.42 Å². The number of benzene rings is 1. The molecule has 0 aliphatic heterocycles. The lowest BCUT2D eigenvalue weighted by Crippen LogP contribution is -2.07. The summed E-state index contributed by atoms with van der Waals surface area (Å²) in [6, 6.07) is 10.9. The Morgan fingerprint density at radius 1 is 1.16 bits per heavy atom. The van der Waals surface area contributed by atoms with Gasteiger partial charge >= 0.3 is 0 Å². The Morgan fingerprint density at radius 3 is 2.64 bits per heavy atom. The molecule has 0 unspecified atom stereocenters. The van der Waals surface area contributed by atoms with Gasteiger partial charge in [0.05, 0.1) is 12.0 Å². The molecule has 3 aromatic rings. The molecule has 0 aliphatic carbocycles. The zero-order valence-corrected chi connectivity index (χ0v) is 14.2. The maximum Gasteiger partial charge on any atom is 0.250 e. The van der Waals surface area contributed by atoms with Crippen molar-refractivity contribution >= 4 is 40.0 Å². The number of aromatic nitrogens is 1. The minimum absolute atomic E-state index is 0.117. The number of anilines is 2. The van der Waals surface area contributed by atoms with E-state index in [9.17, 15) is 9.59 Å². The fourth-order valence-corrected chi connectivity index (χ4v) is 2.80. The highest BCUT2D eigenvalue weighted by atomic mass is 32.1. The van der Waals surface area contributed by atoms with E-state index >= 15 is 0 Å². The van der Waals surface area contributed by atoms with Crippen LogP contribution in [-0.2, 0) is 9.59 Å². The van der Waals surface area contributed by atoms with Crippen molar-refractivity contribution in [1.29, 1.82) is 0 Å². The van der Waals surface area contributed by atoms with Crippen molar-refractivity contribution in [2.45, 2.75) is 6.92 Å². The van der Waals surface area contributed by atoms with Crippen molar-refractivity contribution < 1.29 is 14.0 Å². The molecule has 0 atom stereocenters. The fourth-order valence-electron chi connectivity index (χ4n) is 2.08. The molecular formula is C18H15N3O3S. The van der Waals surface area contributed by atoms with Gasteiger partial charge < -0.3 is 9.73 Å². The standard InChI is InChI=1S/C18H15N3O3S/c1-12(22)19-14-6-4-13(5-7-14)16-11-25-18(20-16)21-17(23)9-8-15-3-2-10-24-15/h2-11H,1H3,(H,19,22)(H,20,21,23)/b9-8+. The Kier molecular flexibility index (Phi) is 5.06. The van der Waals surface area contributed by atoms with Gasteiger partial charge in [0, 0.05) is 29.6 Å². The average Bonchev–Trinajstić information content (AvgIpc) is 3.25. The van der Waals surface area contributed by atoms with Crippen molar-refractivity contribution in [2.75, 3.05) is 10.6 Å². The van der Waals surface area contributed by atoms with E-state index in [1.54, 1.807) is 36.6 Å². The van der Waals surface area contributed by atoms with Crippen LogP contribution in [0.15, 0.2) is 58.5 Å². The van der Waals surface area contributed by atoms with Crippen molar-refractivity contribution in [3.8, 4) is 11.3 Å². The molecule has 2 N–H and O–H groups in total. The van der Waals surface area contributed by atoms with Gasteiger partial charge in [-0.3, -0.25) is 14.9 Å². The summed E-state index contributed by atoms with van der Waals surface area (Å²) in [5, 5.41) is 7.80. The first-order chi connectivity index (χ1) is 12.1. The zero-order chi connectivity index (χ0) is 17.6. The molecule has 0 bridgehead atoms. The highest BCUT2D eigenvalue weighted by Gasteiger charge is 2.07. The van der Waals surface area contributed by atoms with E-state index < -0.39 is 0 Å². The molecule has 0 radical (unpaired) electrons. The van der Waals surface area contributed by atoms with Crippen molar-refractivity contribution in [3.05, 3.63) is 59.9 Å². The van der Waals surface area contributed by atoms with Gasteiger partial charge in [0.25, 0.3) is 0 Å². The maximum atomic E-state index is 11.9. The van der Waals surface area contributed by atoms with Gasteiger partial charge in [-0.05, 0) is 30.3 Å². The highest BCUT2D eigenvalue weighted by molar-refractivity contribution is 7.14. The third-order valence-electron chi connectivity index (χ3n) is 3.18. The van der Waals surface area contributed by atoms with Gasteiger partial charge in [0.2, 0.25) is 11.8 Å². The summed E-state index contributed by atoms with van der Waals surface area (Å²) in [4.78, 5) is 27.3. The van der Waals surface area contributed by atoms with E-state index in [0.29, 0.717) is 10.9 Å². The lowest BCUT2D eigenvalue weighted by atomic mass is 10.1. The van der Waals surface area contributed by atoms with Crippen molar-refractivity contribution in [1.82, 2.24) is 4.98 Å². The number of carbonyl (C=O) groups is 2. The lowest BCUT2D eigenvalue weighted by molar-refractivity contribution is -0.114. The van der Waals surface area contributed by atoms with Crippen LogP contribution in [0.2, 0.25) is 0 Å². The van der Waals surface area contributed by atoms with Gasteiger partial charge in [0.15, 0.2) is 5.13 Å². The summed E-state index contributed by atoms with van der Waals surface area (Å²) in [7, 11) is 0. The number of hydrogen-bond acceptors (Lipinski definition) is 5. The number of carbonyl (C=O) groups excluding carboxylic acids is 2. The topological polar surface area (TPSA) is 84.2 Å². The van der Waals surface area contributed by atoms with Crippen LogP contribution >= 0.6 is 11.3 Å². The summed E-state index contributed by atoms with van der Waals surface area (Å²) < 4.78 is 5.12. The van der Waals surface area contributed by atoms with Crippen LogP contribution in [0, 0.1) is 0 Å². The quantitative estimate of drug-likeness (QED) is 0.679. The first-order valence-electron chi connectivity index (χ1n) is 7.46. The Bertz CT molecular complexity index is 896. The maximum absolute atomic E-state index is 11.9. The fraction of sp³-hybridized carbons (Fsp3) is 0.0556. The normalized spacial score (nSPS) is 10.8. The predicted octanol–water partition coefficient (Wildman–Crippen LogP) is 4.01. The largest absolute Gasteiger partial charge is 0.465 e. The molecule has 0 aliphatic rings. The number of nitrogens with zero attached hydrogens (tertiary/aromatic N) is 1. The molecule has 3 rings (SSSR count). The van der Waals surface area contributed by atoms with E-state index in [1.807, 2.05) is 17.5 Å². The summed E-state index contributed by atoms with van der Waals surface area (Å²) in [6.45, 7) is 1.46. The van der Waals surface area contributed by atoms with Crippen LogP contribution in [-0.4, -0.2) is 16.8 Å². The third kappa shape index (κ3) is 4.65. The number of nitrogens with one attached hydrogen (secondary N) is 2. The third-order valence-corrected chi connectivity index (χ3v) is 3.94. The van der Waals surface area contributed by atoms with Gasteiger partial charge in [-0.1, -0.05) is 12.1 Å². The first-order valence-corrected chi connectivity index (χ1v) is 8.34. The SMILES string of the molecule is CC(=O)Nc1ccc(-c2csc(NC(=O)/C=C/c3ccco3)n2)cc1. The lowest BCUT2D eigenvalue weighted by Gasteiger charge is -2.02. The molecule has 0 fully saturated rings. The van der Waals surface area contributed by atoms with Gasteiger partial charge in [-0.2, -0.15) is 0 Å². The second kappa shape index (κ2) is 7.59. The van der Waals surface area contributed by atoms with Crippen LogP contribution < -0.4 is 10.6 Å². The molecule has 0 spiro atoms. The number of thiazole rings is 1. The average molecular weight is 353 g/mol. The summed E-state index contributed by atoms with van der Waals surface area (Å²) in [5.41, 5.74) is 2.38. The first kappa shape index (κ1) is 16.7. The van der Waals surface area contributed by atoms with Gasteiger partial charge in [0.1, 0.15) is 5.76 Å². The number of rotatable bonds is 5.